The highest BCUT2D eigenvalue weighted by Crippen LogP contribution is 2.35. The highest BCUT2D eigenvalue weighted by atomic mass is 15.1. The van der Waals surface area contributed by atoms with E-state index in [1.165, 1.54) is 0 Å². The van der Waals surface area contributed by atoms with Crippen molar-refractivity contribution in [3.8, 4) is 0 Å². The maximum Gasteiger partial charge on any atom is 0.0646 e. The second-order valence-electron chi connectivity index (χ2n) is 3.88. The van der Waals surface area contributed by atoms with Gasteiger partial charge >= 0.3 is 0 Å². The first-order valence-electron chi connectivity index (χ1n) is 5.24. The zero-order valence-electron chi connectivity index (χ0n) is 10.1. The van der Waals surface area contributed by atoms with Crippen LogP contribution < -0.4 is 0 Å². The third kappa shape index (κ3) is 3.44. The molecule has 0 saturated carbocycles. The van der Waals surface area contributed by atoms with E-state index < -0.39 is 0 Å². The van der Waals surface area contributed by atoms with E-state index in [-0.39, 0.29) is 5.41 Å². The van der Waals surface area contributed by atoms with Crippen LogP contribution in [0.5, 0.6) is 0 Å². The molecular formula is C12H22N2. The van der Waals surface area contributed by atoms with Gasteiger partial charge in [-0.2, -0.15) is 10.2 Å². The Morgan fingerprint density at radius 2 is 1.79 bits per heavy atom. The molecule has 0 atom stereocenters. The van der Waals surface area contributed by atoms with Gasteiger partial charge in [-0.25, -0.2) is 0 Å². The Morgan fingerprint density at radius 1 is 1.29 bits per heavy atom. The van der Waals surface area contributed by atoms with E-state index in [1.54, 1.807) is 0 Å². The zero-order valence-corrected chi connectivity index (χ0v) is 10.1. The molecule has 0 aromatic heterocycles. The summed E-state index contributed by atoms with van der Waals surface area (Å²) in [6.45, 7) is 14.2. The van der Waals surface area contributed by atoms with Gasteiger partial charge in [0.1, 0.15) is 0 Å². The van der Waals surface area contributed by atoms with Gasteiger partial charge in [0.05, 0.1) is 11.4 Å². The lowest BCUT2D eigenvalue weighted by Crippen LogP contribution is -2.15. The average Bonchev–Trinajstić information content (AvgIpc) is 2.17. The Hall–Kier alpha value is -0.920. The first kappa shape index (κ1) is 13.1. The van der Waals surface area contributed by atoms with E-state index >= 15 is 0 Å². The van der Waals surface area contributed by atoms with E-state index in [1.807, 2.05) is 19.9 Å². The van der Waals surface area contributed by atoms with Crippen molar-refractivity contribution >= 4 is 0 Å². The van der Waals surface area contributed by atoms with Crippen molar-refractivity contribution < 1.29 is 0 Å². The molecule has 0 aliphatic carbocycles. The van der Waals surface area contributed by atoms with Crippen molar-refractivity contribution in [2.24, 2.45) is 15.6 Å². The molecule has 2 nitrogen and oxygen atoms in total. The number of rotatable bonds is 5. The number of hydrogen-bond acceptors (Lipinski definition) is 2. The lowest BCUT2D eigenvalue weighted by Gasteiger charge is -2.26. The highest BCUT2D eigenvalue weighted by Gasteiger charge is 2.24. The molecule has 0 spiro atoms. The molecule has 14 heavy (non-hydrogen) atoms. The van der Waals surface area contributed by atoms with E-state index in [0.29, 0.717) is 0 Å². The van der Waals surface area contributed by atoms with Crippen LogP contribution in [-0.4, -0.2) is 0 Å². The number of allylic oxidation sites excluding steroid dienone is 3. The van der Waals surface area contributed by atoms with Gasteiger partial charge in [0.2, 0.25) is 0 Å². The summed E-state index contributed by atoms with van der Waals surface area (Å²) < 4.78 is 0. The van der Waals surface area contributed by atoms with Crippen LogP contribution in [0.15, 0.2) is 34.3 Å². The maximum atomic E-state index is 4.24. The van der Waals surface area contributed by atoms with Gasteiger partial charge in [-0.1, -0.05) is 33.4 Å². The van der Waals surface area contributed by atoms with Crippen LogP contribution in [0.1, 0.15) is 47.5 Å². The fourth-order valence-electron chi connectivity index (χ4n) is 1.28. The van der Waals surface area contributed by atoms with Crippen LogP contribution in [0, 0.1) is 5.41 Å². The number of hydrogen-bond donors (Lipinski definition) is 0. The quantitative estimate of drug-likeness (QED) is 0.567. The molecule has 0 unspecified atom stereocenters. The van der Waals surface area contributed by atoms with Crippen molar-refractivity contribution in [3.05, 3.63) is 24.0 Å². The van der Waals surface area contributed by atoms with Crippen LogP contribution in [-0.2, 0) is 0 Å². The molecule has 0 amide bonds. The predicted molar refractivity (Wildman–Crippen MR) is 62.1 cm³/mol. The largest absolute Gasteiger partial charge is 0.156 e. The van der Waals surface area contributed by atoms with Gasteiger partial charge in [-0.05, 0) is 26.7 Å². The van der Waals surface area contributed by atoms with Crippen LogP contribution in [0.25, 0.3) is 0 Å². The second-order valence-corrected chi connectivity index (χ2v) is 3.88. The van der Waals surface area contributed by atoms with Gasteiger partial charge in [0.25, 0.3) is 0 Å². The smallest absolute Gasteiger partial charge is 0.0646 e. The molecule has 0 rings (SSSR count). The molecule has 0 heterocycles. The van der Waals surface area contributed by atoms with Gasteiger partial charge < -0.3 is 0 Å². The Kier molecular flexibility index (Phi) is 5.36. The Labute approximate surface area is 87.8 Å². The topological polar surface area (TPSA) is 24.7 Å². The van der Waals surface area contributed by atoms with E-state index in [4.69, 9.17) is 0 Å². The van der Waals surface area contributed by atoms with Crippen LogP contribution >= 0.6 is 0 Å². The van der Waals surface area contributed by atoms with Crippen LogP contribution in [0.4, 0.5) is 0 Å². The minimum absolute atomic E-state index is 0.147. The fraction of sp³-hybridized carbons (Fsp3) is 0.667. The molecule has 2 heteroatoms. The molecule has 80 valence electrons. The number of nitrogens with zero attached hydrogens (tertiary/aromatic N) is 2. The molecule has 0 radical (unpaired) electrons. The summed E-state index contributed by atoms with van der Waals surface area (Å²) in [5.41, 5.74) is 1.96. The van der Waals surface area contributed by atoms with E-state index in [9.17, 15) is 0 Å². The molecule has 0 bridgehead atoms. The van der Waals surface area contributed by atoms with Crippen molar-refractivity contribution in [2.45, 2.75) is 47.5 Å². The summed E-state index contributed by atoms with van der Waals surface area (Å²) in [5, 5.41) is 8.26. The van der Waals surface area contributed by atoms with Crippen molar-refractivity contribution in [1.29, 1.82) is 0 Å². The summed E-state index contributed by atoms with van der Waals surface area (Å²) in [6.07, 6.45) is 4.20. The van der Waals surface area contributed by atoms with Gasteiger partial charge in [0.15, 0.2) is 0 Å². The monoisotopic (exact) mass is 194 g/mol. The Balaban J connectivity index is 4.81. The fourth-order valence-corrected chi connectivity index (χ4v) is 1.28. The standard InChI is InChI=1S/C12H22N2/c1-7-11(14-13-10(4)5)12(6,8-2)9-3/h7H,4,8-9H2,1-3,5-6H3/b11-7-,14-13-. The first-order valence-corrected chi connectivity index (χ1v) is 5.24. The second kappa shape index (κ2) is 5.74. The van der Waals surface area contributed by atoms with Gasteiger partial charge in [0, 0.05) is 5.41 Å². The van der Waals surface area contributed by atoms with Gasteiger partial charge in [-0.3, -0.25) is 0 Å². The highest BCUT2D eigenvalue weighted by molar-refractivity contribution is 5.10. The zero-order chi connectivity index (χ0) is 11.2. The minimum atomic E-state index is 0.147. The summed E-state index contributed by atoms with van der Waals surface area (Å²) in [7, 11) is 0. The molecular weight excluding hydrogens is 172 g/mol. The van der Waals surface area contributed by atoms with Gasteiger partial charge in [-0.15, -0.1) is 0 Å². The van der Waals surface area contributed by atoms with E-state index in [2.05, 4.69) is 37.6 Å². The summed E-state index contributed by atoms with van der Waals surface area (Å²) >= 11 is 0. The molecule has 0 fully saturated rings. The normalized spacial score (nSPS) is 13.6. The van der Waals surface area contributed by atoms with Crippen molar-refractivity contribution in [3.63, 3.8) is 0 Å². The maximum absolute atomic E-state index is 4.24. The molecule has 0 saturated heterocycles. The molecule has 0 N–H and O–H groups in total. The summed E-state index contributed by atoms with van der Waals surface area (Å²) in [4.78, 5) is 0. The molecule has 0 aromatic carbocycles. The minimum Gasteiger partial charge on any atom is -0.156 e. The molecule has 0 aliphatic rings. The predicted octanol–water partition coefficient (Wildman–Crippen LogP) is 4.70. The first-order chi connectivity index (χ1) is 6.50. The third-order valence-electron chi connectivity index (χ3n) is 2.78. The Bertz CT molecular complexity index is 245. The lowest BCUT2D eigenvalue weighted by atomic mass is 9.81. The Morgan fingerprint density at radius 3 is 2.07 bits per heavy atom. The van der Waals surface area contributed by atoms with Crippen LogP contribution in [0.2, 0.25) is 0 Å². The summed E-state index contributed by atoms with van der Waals surface area (Å²) in [5.74, 6) is 0. The third-order valence-corrected chi connectivity index (χ3v) is 2.78. The van der Waals surface area contributed by atoms with E-state index in [0.717, 1.165) is 24.2 Å². The SMILES string of the molecule is C=C(C)/N=N\C(=C/C)C(C)(CC)CC. The number of azo groups is 1. The average molecular weight is 194 g/mol. The van der Waals surface area contributed by atoms with Crippen molar-refractivity contribution in [2.75, 3.05) is 0 Å². The molecule has 0 aromatic rings. The van der Waals surface area contributed by atoms with Crippen molar-refractivity contribution in [1.82, 2.24) is 0 Å². The lowest BCUT2D eigenvalue weighted by molar-refractivity contribution is 0.360. The summed E-state index contributed by atoms with van der Waals surface area (Å²) in [6, 6.07) is 0. The van der Waals surface area contributed by atoms with Crippen LogP contribution in [0.3, 0.4) is 0 Å². The molecule has 0 aliphatic heterocycles.